The van der Waals surface area contributed by atoms with Crippen molar-refractivity contribution in [3.05, 3.63) is 23.8 Å². The summed E-state index contributed by atoms with van der Waals surface area (Å²) < 4.78 is 24.6. The predicted octanol–water partition coefficient (Wildman–Crippen LogP) is 4.45. The van der Waals surface area contributed by atoms with Gasteiger partial charge in [-0.3, -0.25) is 13.9 Å². The zero-order valence-electron chi connectivity index (χ0n) is 16.7. The van der Waals surface area contributed by atoms with Crippen LogP contribution in [0.1, 0.15) is 57.4 Å². The van der Waals surface area contributed by atoms with Crippen molar-refractivity contribution in [3.8, 4) is 0 Å². The second-order valence-electron chi connectivity index (χ2n) is 7.34. The van der Waals surface area contributed by atoms with E-state index in [0.717, 1.165) is 43.5 Å². The molecular formula is C20H34N2O4S. The summed E-state index contributed by atoms with van der Waals surface area (Å²) in [5.74, 6) is 0.814. The lowest BCUT2D eigenvalue weighted by Gasteiger charge is -2.44. The molecule has 0 saturated carbocycles. The van der Waals surface area contributed by atoms with Gasteiger partial charge >= 0.3 is 5.97 Å². The third-order valence-corrected chi connectivity index (χ3v) is 7.21. The molecule has 1 aromatic carbocycles. The number of carbonyl (C=O) groups is 1. The Bertz CT molecular complexity index is 628. The Morgan fingerprint density at radius 1 is 1.33 bits per heavy atom. The van der Waals surface area contributed by atoms with Crippen molar-refractivity contribution in [2.45, 2.75) is 57.9 Å². The Labute approximate surface area is 164 Å². The van der Waals surface area contributed by atoms with Crippen molar-refractivity contribution >= 4 is 27.9 Å². The molecular weight excluding hydrogens is 364 g/mol. The highest BCUT2D eigenvalue weighted by Gasteiger charge is 2.29. The first-order valence-electron chi connectivity index (χ1n) is 9.77. The highest BCUT2D eigenvalue weighted by Crippen LogP contribution is 2.46. The van der Waals surface area contributed by atoms with Crippen molar-refractivity contribution in [1.29, 1.82) is 0 Å². The normalized spacial score (nSPS) is 19.3. The summed E-state index contributed by atoms with van der Waals surface area (Å²) >= 11 is 0. The van der Waals surface area contributed by atoms with Crippen LogP contribution >= 0.6 is 10.6 Å². The van der Waals surface area contributed by atoms with Gasteiger partial charge in [-0.25, -0.2) is 0 Å². The smallest absolute Gasteiger partial charge is 0.306 e. The minimum absolute atomic E-state index is 0.0936. The molecule has 27 heavy (non-hydrogen) atoms. The Balaban J connectivity index is 2.21. The standard InChI is InChI=1S/C20H34N2O4S/c1-4-10-22(17-8-11-27(24,25)12-9-17)19-7-6-16(13-18(19)21)15(5-2)14-20(23)26-3/h6-7,13,15,17,24-25H,4-5,8-12,14,21H2,1-3H3. The number of anilines is 2. The molecule has 1 saturated heterocycles. The average molecular weight is 399 g/mol. The zero-order valence-corrected chi connectivity index (χ0v) is 17.5. The number of nitrogens with zero attached hydrogens (tertiary/aromatic N) is 1. The lowest BCUT2D eigenvalue weighted by molar-refractivity contribution is -0.141. The number of benzene rings is 1. The molecule has 0 aliphatic carbocycles. The van der Waals surface area contributed by atoms with Crippen LogP contribution in [0.4, 0.5) is 11.4 Å². The van der Waals surface area contributed by atoms with E-state index < -0.39 is 10.6 Å². The Morgan fingerprint density at radius 3 is 2.52 bits per heavy atom. The van der Waals surface area contributed by atoms with Crippen molar-refractivity contribution in [2.75, 3.05) is 35.8 Å². The Morgan fingerprint density at radius 2 is 2.00 bits per heavy atom. The molecule has 1 fully saturated rings. The molecule has 2 rings (SSSR count). The van der Waals surface area contributed by atoms with Crippen LogP contribution in [0, 0.1) is 0 Å². The lowest BCUT2D eigenvalue weighted by Crippen LogP contribution is -2.41. The van der Waals surface area contributed by atoms with E-state index in [9.17, 15) is 13.9 Å². The molecule has 1 aromatic rings. The van der Waals surface area contributed by atoms with Crippen LogP contribution in [-0.4, -0.2) is 46.3 Å². The van der Waals surface area contributed by atoms with Crippen LogP contribution in [0.2, 0.25) is 0 Å². The third kappa shape index (κ3) is 5.77. The predicted molar refractivity (Wildman–Crippen MR) is 114 cm³/mol. The summed E-state index contributed by atoms with van der Waals surface area (Å²) in [6.45, 7) is 5.08. The number of hydrogen-bond acceptors (Lipinski definition) is 6. The van der Waals surface area contributed by atoms with Gasteiger partial charge in [-0.15, -0.1) is 0 Å². The number of esters is 1. The number of rotatable bonds is 8. The Hall–Kier alpha value is -1.44. The molecule has 0 amide bonds. The zero-order chi connectivity index (χ0) is 20.0. The summed E-state index contributed by atoms with van der Waals surface area (Å²) in [6.07, 6.45) is 3.72. The fraction of sp³-hybridized carbons (Fsp3) is 0.650. The topological polar surface area (TPSA) is 96.0 Å². The highest BCUT2D eigenvalue weighted by molar-refractivity contribution is 8.24. The average Bonchev–Trinajstić information content (AvgIpc) is 2.64. The van der Waals surface area contributed by atoms with Gasteiger partial charge in [0.2, 0.25) is 0 Å². The first-order valence-corrected chi connectivity index (χ1v) is 11.7. The van der Waals surface area contributed by atoms with E-state index >= 15 is 0 Å². The van der Waals surface area contributed by atoms with Crippen molar-refractivity contribution in [2.24, 2.45) is 0 Å². The highest BCUT2D eigenvalue weighted by atomic mass is 32.3. The molecule has 0 spiro atoms. The van der Waals surface area contributed by atoms with Crippen LogP contribution in [0.5, 0.6) is 0 Å². The third-order valence-electron chi connectivity index (χ3n) is 5.43. The Kier molecular flexibility index (Phi) is 7.82. The summed E-state index contributed by atoms with van der Waals surface area (Å²) in [5, 5.41) is 0. The fourth-order valence-corrected chi connectivity index (χ4v) is 5.32. The molecule has 154 valence electrons. The van der Waals surface area contributed by atoms with Crippen LogP contribution in [0.15, 0.2) is 18.2 Å². The fourth-order valence-electron chi connectivity index (χ4n) is 3.82. The molecule has 4 N–H and O–H groups in total. The van der Waals surface area contributed by atoms with Crippen LogP contribution in [-0.2, 0) is 9.53 Å². The first-order chi connectivity index (χ1) is 12.8. The molecule has 1 atom stereocenters. The lowest BCUT2D eigenvalue weighted by atomic mass is 9.92. The molecule has 0 radical (unpaired) electrons. The largest absolute Gasteiger partial charge is 0.469 e. The van der Waals surface area contributed by atoms with Crippen molar-refractivity contribution in [3.63, 3.8) is 0 Å². The summed E-state index contributed by atoms with van der Waals surface area (Å²) in [6, 6.07) is 6.36. The van der Waals surface area contributed by atoms with Crippen molar-refractivity contribution < 1.29 is 18.6 Å². The quantitative estimate of drug-likeness (QED) is 0.442. The molecule has 1 unspecified atom stereocenters. The van der Waals surface area contributed by atoms with E-state index in [-0.39, 0.29) is 17.9 Å². The van der Waals surface area contributed by atoms with E-state index in [1.54, 1.807) is 0 Å². The van der Waals surface area contributed by atoms with Crippen molar-refractivity contribution in [1.82, 2.24) is 0 Å². The van der Waals surface area contributed by atoms with Gasteiger partial charge in [0.05, 0.1) is 24.9 Å². The van der Waals surface area contributed by atoms with Gasteiger partial charge in [-0.05, 0) is 49.3 Å². The molecule has 1 heterocycles. The van der Waals surface area contributed by atoms with E-state index in [1.807, 2.05) is 12.1 Å². The van der Waals surface area contributed by atoms with E-state index in [0.29, 0.717) is 23.6 Å². The minimum atomic E-state index is -2.39. The van der Waals surface area contributed by atoms with E-state index in [2.05, 4.69) is 24.8 Å². The van der Waals surface area contributed by atoms with Gasteiger partial charge in [0, 0.05) is 24.1 Å². The van der Waals surface area contributed by atoms with Gasteiger partial charge in [0.1, 0.15) is 0 Å². The van der Waals surface area contributed by atoms with Gasteiger partial charge in [0.15, 0.2) is 0 Å². The number of methoxy groups -OCH3 is 1. The first kappa shape index (κ1) is 21.9. The summed E-state index contributed by atoms with van der Waals surface area (Å²) in [4.78, 5) is 14.0. The van der Waals surface area contributed by atoms with Crippen LogP contribution < -0.4 is 10.6 Å². The molecule has 6 nitrogen and oxygen atoms in total. The van der Waals surface area contributed by atoms with Crippen LogP contribution in [0.3, 0.4) is 0 Å². The van der Waals surface area contributed by atoms with Gasteiger partial charge in [0.25, 0.3) is 0 Å². The maximum Gasteiger partial charge on any atom is 0.306 e. The molecule has 0 bridgehead atoms. The summed E-state index contributed by atoms with van der Waals surface area (Å²) in [7, 11) is -0.982. The SMILES string of the molecule is CCCN(c1ccc(C(CC)CC(=O)OC)cc1N)C1CCS(O)(O)CC1. The number of ether oxygens (including phenoxy) is 1. The van der Waals surface area contributed by atoms with Gasteiger partial charge in [-0.1, -0.05) is 19.9 Å². The van der Waals surface area contributed by atoms with Crippen LogP contribution in [0.25, 0.3) is 0 Å². The van der Waals surface area contributed by atoms with E-state index in [4.69, 9.17) is 10.5 Å². The second kappa shape index (κ2) is 9.66. The number of nitrogens with two attached hydrogens (primary N) is 1. The molecule has 1 aliphatic rings. The number of nitrogen functional groups attached to an aromatic ring is 1. The molecule has 1 aliphatic heterocycles. The van der Waals surface area contributed by atoms with Gasteiger partial charge < -0.3 is 15.4 Å². The maximum absolute atomic E-state index is 11.7. The number of hydrogen-bond donors (Lipinski definition) is 3. The molecule has 0 aromatic heterocycles. The maximum atomic E-state index is 11.7. The molecule has 7 heteroatoms. The summed E-state index contributed by atoms with van der Waals surface area (Å²) in [5.41, 5.74) is 9.18. The van der Waals surface area contributed by atoms with Gasteiger partial charge in [-0.2, -0.15) is 10.6 Å². The number of carbonyl (C=O) groups excluding carboxylic acids is 1. The second-order valence-corrected chi connectivity index (χ2v) is 9.76. The van der Waals surface area contributed by atoms with E-state index in [1.165, 1.54) is 7.11 Å². The minimum Gasteiger partial charge on any atom is -0.469 e. The monoisotopic (exact) mass is 398 g/mol.